The van der Waals surface area contributed by atoms with Crippen LogP contribution in [0.15, 0.2) is 18.5 Å². The molecule has 2 rings (SSSR count). The first kappa shape index (κ1) is 6.61. The molecule has 0 amide bonds. The molecule has 0 unspecified atom stereocenters. The van der Waals surface area contributed by atoms with Crippen molar-refractivity contribution in [2.75, 3.05) is 0 Å². The quantitative estimate of drug-likeness (QED) is 0.604. The average molecular weight is 171 g/mol. The molecular formula is C7H4ClFN2. The smallest absolute Gasteiger partial charge is 0.222 e. The zero-order valence-electron chi connectivity index (χ0n) is 5.44. The van der Waals surface area contributed by atoms with Crippen LogP contribution in [0.1, 0.15) is 0 Å². The van der Waals surface area contributed by atoms with Crippen molar-refractivity contribution in [1.29, 1.82) is 0 Å². The number of aromatic nitrogens is 2. The average Bonchev–Trinajstić information content (AvgIpc) is 2.45. The van der Waals surface area contributed by atoms with Gasteiger partial charge in [0.25, 0.3) is 0 Å². The molecule has 4 heteroatoms. The van der Waals surface area contributed by atoms with Gasteiger partial charge in [0.15, 0.2) is 0 Å². The summed E-state index contributed by atoms with van der Waals surface area (Å²) in [6, 6.07) is 1.60. The van der Waals surface area contributed by atoms with Gasteiger partial charge in [-0.1, -0.05) is 11.6 Å². The van der Waals surface area contributed by atoms with Crippen LogP contribution in [-0.4, -0.2) is 9.97 Å². The summed E-state index contributed by atoms with van der Waals surface area (Å²) in [7, 11) is 0. The highest BCUT2D eigenvalue weighted by atomic mass is 35.5. The highest BCUT2D eigenvalue weighted by Gasteiger charge is 2.04. The van der Waals surface area contributed by atoms with Crippen molar-refractivity contribution in [3.05, 3.63) is 29.4 Å². The minimum Gasteiger partial charge on any atom is -0.360 e. The van der Waals surface area contributed by atoms with E-state index in [4.69, 9.17) is 11.6 Å². The normalized spacial score (nSPS) is 10.7. The Morgan fingerprint density at radius 2 is 2.36 bits per heavy atom. The molecule has 0 aliphatic carbocycles. The molecule has 56 valence electrons. The Bertz CT molecular complexity index is 360. The van der Waals surface area contributed by atoms with Gasteiger partial charge < -0.3 is 4.98 Å². The predicted octanol–water partition coefficient (Wildman–Crippen LogP) is 2.36. The van der Waals surface area contributed by atoms with Crippen LogP contribution in [0.25, 0.3) is 10.9 Å². The molecule has 0 radical (unpaired) electrons. The third-order valence-electron chi connectivity index (χ3n) is 1.50. The molecule has 0 fully saturated rings. The molecule has 0 spiro atoms. The molecule has 0 atom stereocenters. The lowest BCUT2D eigenvalue weighted by atomic mass is 10.3. The van der Waals surface area contributed by atoms with Crippen molar-refractivity contribution in [3.8, 4) is 0 Å². The maximum absolute atomic E-state index is 12.8. The second kappa shape index (κ2) is 2.20. The summed E-state index contributed by atoms with van der Waals surface area (Å²) < 4.78 is 12.8. The predicted molar refractivity (Wildman–Crippen MR) is 41.1 cm³/mol. The van der Waals surface area contributed by atoms with E-state index >= 15 is 0 Å². The Hall–Kier alpha value is -1.09. The van der Waals surface area contributed by atoms with E-state index in [1.54, 1.807) is 12.3 Å². The fraction of sp³-hybridized carbons (Fsp3) is 0. The van der Waals surface area contributed by atoms with Crippen LogP contribution in [0.3, 0.4) is 0 Å². The number of hydrogen-bond donors (Lipinski definition) is 1. The fourth-order valence-corrected chi connectivity index (χ4v) is 1.19. The first-order chi connectivity index (χ1) is 5.29. The van der Waals surface area contributed by atoms with Crippen LogP contribution >= 0.6 is 11.6 Å². The number of pyridine rings is 1. The van der Waals surface area contributed by atoms with Gasteiger partial charge in [0, 0.05) is 6.20 Å². The summed E-state index contributed by atoms with van der Waals surface area (Å²) in [5.74, 6) is -0.495. The fourth-order valence-electron chi connectivity index (χ4n) is 0.986. The third kappa shape index (κ3) is 0.886. The van der Waals surface area contributed by atoms with Gasteiger partial charge in [-0.05, 0) is 6.07 Å². The molecule has 1 N–H and O–H groups in total. The van der Waals surface area contributed by atoms with Gasteiger partial charge in [-0.3, -0.25) is 0 Å². The zero-order chi connectivity index (χ0) is 7.84. The molecule has 0 aromatic carbocycles. The highest BCUT2D eigenvalue weighted by Crippen LogP contribution is 2.21. The number of aromatic amines is 1. The van der Waals surface area contributed by atoms with Gasteiger partial charge in [-0.15, -0.1) is 0 Å². The number of nitrogens with zero attached hydrogens (tertiary/aromatic N) is 1. The van der Waals surface area contributed by atoms with Gasteiger partial charge in [0.2, 0.25) is 5.95 Å². The standard InChI is InChI=1S/C7H4ClFN2/c8-5-3-11-7(9)4-1-2-10-6(4)5/h1-3,10H. The molecule has 11 heavy (non-hydrogen) atoms. The Morgan fingerprint density at radius 1 is 1.55 bits per heavy atom. The van der Waals surface area contributed by atoms with Crippen molar-refractivity contribution < 1.29 is 4.39 Å². The SMILES string of the molecule is Fc1ncc(Cl)c2[nH]ccc12. The Morgan fingerprint density at radius 3 is 3.09 bits per heavy atom. The van der Waals surface area contributed by atoms with Crippen LogP contribution in [0.5, 0.6) is 0 Å². The molecule has 2 aromatic heterocycles. The molecule has 0 aliphatic heterocycles. The summed E-state index contributed by atoms with van der Waals surface area (Å²) >= 11 is 5.71. The number of fused-ring (bicyclic) bond motifs is 1. The summed E-state index contributed by atoms with van der Waals surface area (Å²) in [6.45, 7) is 0. The van der Waals surface area contributed by atoms with Gasteiger partial charge in [0.05, 0.1) is 22.1 Å². The lowest BCUT2D eigenvalue weighted by Crippen LogP contribution is -1.82. The van der Waals surface area contributed by atoms with E-state index in [0.29, 0.717) is 15.9 Å². The number of rotatable bonds is 0. The van der Waals surface area contributed by atoms with Crippen LogP contribution in [0, 0.1) is 5.95 Å². The van der Waals surface area contributed by atoms with Crippen LogP contribution in [0.2, 0.25) is 5.02 Å². The molecule has 2 heterocycles. The summed E-state index contributed by atoms with van der Waals surface area (Å²) in [4.78, 5) is 6.28. The molecule has 2 nitrogen and oxygen atoms in total. The monoisotopic (exact) mass is 170 g/mol. The number of hydrogen-bond acceptors (Lipinski definition) is 1. The van der Waals surface area contributed by atoms with Crippen molar-refractivity contribution >= 4 is 22.5 Å². The third-order valence-corrected chi connectivity index (χ3v) is 1.79. The Labute approximate surface area is 67.0 Å². The number of nitrogens with one attached hydrogen (secondary N) is 1. The van der Waals surface area contributed by atoms with E-state index in [9.17, 15) is 4.39 Å². The zero-order valence-corrected chi connectivity index (χ0v) is 6.19. The Kier molecular flexibility index (Phi) is 1.32. The largest absolute Gasteiger partial charge is 0.360 e. The summed E-state index contributed by atoms with van der Waals surface area (Å²) in [6.07, 6.45) is 2.91. The molecule has 0 saturated heterocycles. The summed E-state index contributed by atoms with van der Waals surface area (Å²) in [5.41, 5.74) is 0.596. The first-order valence-electron chi connectivity index (χ1n) is 3.06. The van der Waals surface area contributed by atoms with E-state index in [2.05, 4.69) is 9.97 Å². The molecule has 2 aromatic rings. The molecule has 0 saturated carbocycles. The molecular weight excluding hydrogens is 167 g/mol. The second-order valence-corrected chi connectivity index (χ2v) is 2.57. The van der Waals surface area contributed by atoms with Crippen LogP contribution < -0.4 is 0 Å². The lowest BCUT2D eigenvalue weighted by molar-refractivity contribution is 0.597. The van der Waals surface area contributed by atoms with Gasteiger partial charge in [-0.2, -0.15) is 4.39 Å². The van der Waals surface area contributed by atoms with Crippen molar-refractivity contribution in [3.63, 3.8) is 0 Å². The molecule has 0 aliphatic rings. The van der Waals surface area contributed by atoms with Crippen LogP contribution in [-0.2, 0) is 0 Å². The Balaban J connectivity index is 2.96. The maximum atomic E-state index is 12.8. The van der Waals surface area contributed by atoms with E-state index in [-0.39, 0.29) is 0 Å². The number of halogens is 2. The summed E-state index contributed by atoms with van der Waals surface area (Å²) in [5, 5.41) is 0.865. The minimum atomic E-state index is -0.495. The lowest BCUT2D eigenvalue weighted by Gasteiger charge is -1.92. The maximum Gasteiger partial charge on any atom is 0.222 e. The highest BCUT2D eigenvalue weighted by molar-refractivity contribution is 6.34. The first-order valence-corrected chi connectivity index (χ1v) is 3.44. The van der Waals surface area contributed by atoms with E-state index < -0.39 is 5.95 Å². The van der Waals surface area contributed by atoms with Crippen molar-refractivity contribution in [2.24, 2.45) is 0 Å². The van der Waals surface area contributed by atoms with E-state index in [1.165, 1.54) is 6.20 Å². The van der Waals surface area contributed by atoms with E-state index in [0.717, 1.165) is 0 Å². The molecule has 0 bridgehead atoms. The van der Waals surface area contributed by atoms with Crippen molar-refractivity contribution in [1.82, 2.24) is 9.97 Å². The van der Waals surface area contributed by atoms with Gasteiger partial charge in [-0.25, -0.2) is 4.98 Å². The van der Waals surface area contributed by atoms with Gasteiger partial charge in [0.1, 0.15) is 0 Å². The number of H-pyrrole nitrogens is 1. The van der Waals surface area contributed by atoms with Crippen LogP contribution in [0.4, 0.5) is 4.39 Å². The minimum absolute atomic E-state index is 0.428. The van der Waals surface area contributed by atoms with Crippen molar-refractivity contribution in [2.45, 2.75) is 0 Å². The van der Waals surface area contributed by atoms with Gasteiger partial charge >= 0.3 is 0 Å². The topological polar surface area (TPSA) is 28.7 Å². The van der Waals surface area contributed by atoms with E-state index in [1.807, 2.05) is 0 Å². The second-order valence-electron chi connectivity index (χ2n) is 2.16.